The molecule has 0 fully saturated rings. The first-order valence-electron chi connectivity index (χ1n) is 4.65. The van der Waals surface area contributed by atoms with E-state index in [1.54, 1.807) is 6.20 Å². The first kappa shape index (κ1) is 9.90. The molecule has 70 valence electrons. The largest absolute Gasteiger partial charge is 0.299 e. The van der Waals surface area contributed by atoms with Gasteiger partial charge in [0, 0.05) is 24.7 Å². The summed E-state index contributed by atoms with van der Waals surface area (Å²) in [6.07, 6.45) is 3.82. The molecular formula is C11H15NO. The number of nitrogens with zero attached hydrogens (tertiary/aromatic N) is 1. The molecule has 0 aliphatic heterocycles. The lowest BCUT2D eigenvalue weighted by molar-refractivity contribution is -0.118. The molecule has 0 spiro atoms. The van der Waals surface area contributed by atoms with Crippen molar-refractivity contribution in [3.05, 3.63) is 29.6 Å². The van der Waals surface area contributed by atoms with Gasteiger partial charge in [-0.1, -0.05) is 6.92 Å². The van der Waals surface area contributed by atoms with Crippen LogP contribution in [0.1, 0.15) is 31.0 Å². The lowest BCUT2D eigenvalue weighted by Crippen LogP contribution is -2.03. The molecule has 1 heterocycles. The van der Waals surface area contributed by atoms with E-state index in [-0.39, 0.29) is 5.78 Å². The van der Waals surface area contributed by atoms with E-state index in [0.29, 0.717) is 12.8 Å². The monoisotopic (exact) mass is 177 g/mol. The first-order chi connectivity index (χ1) is 6.22. The topological polar surface area (TPSA) is 30.0 Å². The summed E-state index contributed by atoms with van der Waals surface area (Å²) in [5, 5.41) is 0. The number of ketones is 1. The van der Waals surface area contributed by atoms with Crippen molar-refractivity contribution in [3.63, 3.8) is 0 Å². The second-order valence-corrected chi connectivity index (χ2v) is 3.29. The average molecular weight is 177 g/mol. The fraction of sp³-hybridized carbons (Fsp3) is 0.455. The van der Waals surface area contributed by atoms with Gasteiger partial charge in [0.2, 0.25) is 0 Å². The third kappa shape index (κ3) is 3.36. The van der Waals surface area contributed by atoms with Crippen LogP contribution in [0.15, 0.2) is 18.3 Å². The summed E-state index contributed by atoms with van der Waals surface area (Å²) in [6.45, 7) is 4.02. The summed E-state index contributed by atoms with van der Waals surface area (Å²) < 4.78 is 0. The molecule has 1 aromatic rings. The number of carbonyl (C=O) groups is 1. The molecule has 0 atom stereocenters. The Hall–Kier alpha value is -1.18. The van der Waals surface area contributed by atoms with Crippen LogP contribution in [0.25, 0.3) is 0 Å². The molecule has 0 amide bonds. The standard InChI is InChI=1S/C11H15NO/c1-3-4-11(13)8-10-7-9(2)5-6-12-10/h5-7H,3-4,8H2,1-2H3. The van der Waals surface area contributed by atoms with Gasteiger partial charge >= 0.3 is 0 Å². The maximum atomic E-state index is 11.3. The molecule has 0 N–H and O–H groups in total. The van der Waals surface area contributed by atoms with Crippen LogP contribution in [-0.4, -0.2) is 10.8 Å². The highest BCUT2D eigenvalue weighted by atomic mass is 16.1. The predicted octanol–water partition coefficient (Wildman–Crippen LogP) is 2.30. The SMILES string of the molecule is CCCC(=O)Cc1cc(C)ccn1. The molecule has 0 radical (unpaired) electrons. The van der Waals surface area contributed by atoms with E-state index in [1.165, 1.54) is 0 Å². The summed E-state index contributed by atoms with van der Waals surface area (Å²) in [7, 11) is 0. The van der Waals surface area contributed by atoms with Crippen molar-refractivity contribution < 1.29 is 4.79 Å². The Labute approximate surface area is 79.0 Å². The van der Waals surface area contributed by atoms with Gasteiger partial charge < -0.3 is 0 Å². The Morgan fingerprint density at radius 1 is 1.54 bits per heavy atom. The number of carbonyl (C=O) groups excluding carboxylic acids is 1. The van der Waals surface area contributed by atoms with Crippen LogP contribution >= 0.6 is 0 Å². The predicted molar refractivity (Wildman–Crippen MR) is 52.6 cm³/mol. The number of Topliss-reactive ketones (excluding diaryl/α,β-unsaturated/α-hetero) is 1. The minimum Gasteiger partial charge on any atom is -0.299 e. The second kappa shape index (κ2) is 4.75. The van der Waals surface area contributed by atoms with Crippen LogP contribution in [0.3, 0.4) is 0 Å². The zero-order chi connectivity index (χ0) is 9.68. The van der Waals surface area contributed by atoms with Gasteiger partial charge in [-0.05, 0) is 31.0 Å². The lowest BCUT2D eigenvalue weighted by Gasteiger charge is -1.99. The Balaban J connectivity index is 2.58. The molecule has 0 aliphatic carbocycles. The molecule has 0 saturated heterocycles. The van der Waals surface area contributed by atoms with Crippen LogP contribution in [0.2, 0.25) is 0 Å². The van der Waals surface area contributed by atoms with Gasteiger partial charge in [0.25, 0.3) is 0 Å². The Morgan fingerprint density at radius 3 is 2.92 bits per heavy atom. The summed E-state index contributed by atoms with van der Waals surface area (Å²) in [4.78, 5) is 15.4. The minimum atomic E-state index is 0.278. The molecule has 0 unspecified atom stereocenters. The van der Waals surface area contributed by atoms with Crippen molar-refractivity contribution in [2.45, 2.75) is 33.1 Å². The van der Waals surface area contributed by atoms with Crippen molar-refractivity contribution in [2.24, 2.45) is 0 Å². The van der Waals surface area contributed by atoms with Gasteiger partial charge in [0.1, 0.15) is 5.78 Å². The lowest BCUT2D eigenvalue weighted by atomic mass is 10.1. The van der Waals surface area contributed by atoms with Gasteiger partial charge in [0.15, 0.2) is 0 Å². The quantitative estimate of drug-likeness (QED) is 0.706. The van der Waals surface area contributed by atoms with Gasteiger partial charge in [-0.2, -0.15) is 0 Å². The summed E-state index contributed by atoms with van der Waals surface area (Å²) >= 11 is 0. The second-order valence-electron chi connectivity index (χ2n) is 3.29. The van der Waals surface area contributed by atoms with Crippen LogP contribution in [0.5, 0.6) is 0 Å². The summed E-state index contributed by atoms with van der Waals surface area (Å²) in [5.74, 6) is 0.278. The number of aromatic nitrogens is 1. The highest BCUT2D eigenvalue weighted by Crippen LogP contribution is 2.03. The zero-order valence-electron chi connectivity index (χ0n) is 8.21. The number of pyridine rings is 1. The van der Waals surface area contributed by atoms with E-state index < -0.39 is 0 Å². The van der Waals surface area contributed by atoms with Crippen LogP contribution in [0, 0.1) is 6.92 Å². The summed E-state index contributed by atoms with van der Waals surface area (Å²) in [5.41, 5.74) is 2.05. The van der Waals surface area contributed by atoms with Gasteiger partial charge in [-0.3, -0.25) is 9.78 Å². The Kier molecular flexibility index (Phi) is 3.62. The van der Waals surface area contributed by atoms with Crippen molar-refractivity contribution in [1.29, 1.82) is 0 Å². The van der Waals surface area contributed by atoms with Gasteiger partial charge in [0.05, 0.1) is 0 Å². The minimum absolute atomic E-state index is 0.278. The van der Waals surface area contributed by atoms with E-state index in [1.807, 2.05) is 26.0 Å². The zero-order valence-corrected chi connectivity index (χ0v) is 8.21. The molecule has 2 nitrogen and oxygen atoms in total. The number of hydrogen-bond acceptors (Lipinski definition) is 2. The molecule has 1 rings (SSSR count). The van der Waals surface area contributed by atoms with Crippen molar-refractivity contribution in [2.75, 3.05) is 0 Å². The fourth-order valence-electron chi connectivity index (χ4n) is 1.26. The van der Waals surface area contributed by atoms with E-state index in [2.05, 4.69) is 4.98 Å². The highest BCUT2D eigenvalue weighted by Gasteiger charge is 2.02. The Morgan fingerprint density at radius 2 is 2.31 bits per heavy atom. The van der Waals surface area contributed by atoms with E-state index in [4.69, 9.17) is 0 Å². The molecule has 13 heavy (non-hydrogen) atoms. The molecule has 1 aromatic heterocycles. The maximum absolute atomic E-state index is 11.3. The third-order valence-electron chi connectivity index (χ3n) is 1.88. The van der Waals surface area contributed by atoms with E-state index in [0.717, 1.165) is 17.7 Å². The highest BCUT2D eigenvalue weighted by molar-refractivity contribution is 5.80. The Bertz CT molecular complexity index is 294. The average Bonchev–Trinajstić information content (AvgIpc) is 2.04. The van der Waals surface area contributed by atoms with Gasteiger partial charge in [-0.15, -0.1) is 0 Å². The van der Waals surface area contributed by atoms with E-state index in [9.17, 15) is 4.79 Å². The number of aryl methyl sites for hydroxylation is 1. The molecular weight excluding hydrogens is 162 g/mol. The molecule has 0 aromatic carbocycles. The molecule has 0 aliphatic rings. The number of rotatable bonds is 4. The summed E-state index contributed by atoms with van der Waals surface area (Å²) in [6, 6.07) is 3.90. The third-order valence-corrected chi connectivity index (χ3v) is 1.88. The molecule has 0 saturated carbocycles. The van der Waals surface area contributed by atoms with Crippen molar-refractivity contribution in [1.82, 2.24) is 4.98 Å². The van der Waals surface area contributed by atoms with Crippen molar-refractivity contribution in [3.8, 4) is 0 Å². The van der Waals surface area contributed by atoms with Crippen molar-refractivity contribution >= 4 is 5.78 Å². The van der Waals surface area contributed by atoms with E-state index >= 15 is 0 Å². The van der Waals surface area contributed by atoms with Gasteiger partial charge in [-0.25, -0.2) is 0 Å². The smallest absolute Gasteiger partial charge is 0.138 e. The molecule has 2 heteroatoms. The van der Waals surface area contributed by atoms with Crippen LogP contribution in [-0.2, 0) is 11.2 Å². The molecule has 0 bridgehead atoms. The van der Waals surface area contributed by atoms with Crippen LogP contribution in [0.4, 0.5) is 0 Å². The maximum Gasteiger partial charge on any atom is 0.138 e. The van der Waals surface area contributed by atoms with Crippen LogP contribution < -0.4 is 0 Å². The first-order valence-corrected chi connectivity index (χ1v) is 4.65. The fourth-order valence-corrected chi connectivity index (χ4v) is 1.26. The number of hydrogen-bond donors (Lipinski definition) is 0. The normalized spacial score (nSPS) is 10.0.